The number of hydrogen-bond acceptors (Lipinski definition) is 4. The summed E-state index contributed by atoms with van der Waals surface area (Å²) in [5.41, 5.74) is 0.569. The fourth-order valence-electron chi connectivity index (χ4n) is 2.43. The van der Waals surface area contributed by atoms with Crippen molar-refractivity contribution >= 4 is 17.5 Å². The molecule has 0 unspecified atom stereocenters. The minimum atomic E-state index is -1.02. The second-order valence-electron chi connectivity index (χ2n) is 6.20. The molecule has 1 aromatic carbocycles. The first kappa shape index (κ1) is 16.8. The third-order valence-corrected chi connectivity index (χ3v) is 3.81. The lowest BCUT2D eigenvalue weighted by Crippen LogP contribution is -2.55. The molecule has 1 aliphatic rings. The Morgan fingerprint density at radius 3 is 2.78 bits per heavy atom. The van der Waals surface area contributed by atoms with E-state index in [1.807, 2.05) is 31.2 Å². The van der Waals surface area contributed by atoms with Crippen molar-refractivity contribution in [3.8, 4) is 11.8 Å². The van der Waals surface area contributed by atoms with Crippen molar-refractivity contribution in [2.75, 3.05) is 25.0 Å². The second kappa shape index (κ2) is 6.29. The zero-order valence-corrected chi connectivity index (χ0v) is 13.9. The largest absolute Gasteiger partial charge is 0.476 e. The summed E-state index contributed by atoms with van der Waals surface area (Å²) in [6.07, 6.45) is 0.264. The molecule has 0 aliphatic carbocycles. The van der Waals surface area contributed by atoms with Crippen molar-refractivity contribution in [2.45, 2.75) is 32.8 Å². The van der Waals surface area contributed by atoms with Gasteiger partial charge in [-0.25, -0.2) is 0 Å². The van der Waals surface area contributed by atoms with Gasteiger partial charge in [0.1, 0.15) is 12.3 Å². The molecule has 122 valence electrons. The van der Waals surface area contributed by atoms with Crippen LogP contribution in [0.25, 0.3) is 0 Å². The van der Waals surface area contributed by atoms with E-state index in [2.05, 4.69) is 0 Å². The van der Waals surface area contributed by atoms with Crippen molar-refractivity contribution in [3.05, 3.63) is 23.8 Å². The number of nitriles is 1. The second-order valence-corrected chi connectivity index (χ2v) is 6.20. The molecule has 1 heterocycles. The zero-order chi connectivity index (χ0) is 17.2. The molecule has 0 bridgehead atoms. The summed E-state index contributed by atoms with van der Waals surface area (Å²) >= 11 is 0. The fourth-order valence-corrected chi connectivity index (χ4v) is 2.43. The first-order valence-corrected chi connectivity index (χ1v) is 7.49. The summed E-state index contributed by atoms with van der Waals surface area (Å²) in [6, 6.07) is 7.57. The summed E-state index contributed by atoms with van der Waals surface area (Å²) < 4.78 is 5.76. The molecule has 0 spiro atoms. The number of anilines is 1. The maximum atomic E-state index is 12.7. The number of fused-ring (bicyclic) bond motifs is 1. The Bertz CT molecular complexity index is 676. The molecule has 0 aromatic heterocycles. The van der Waals surface area contributed by atoms with Crippen LogP contribution < -0.4 is 9.64 Å². The van der Waals surface area contributed by atoms with Gasteiger partial charge in [-0.3, -0.25) is 14.5 Å². The molecule has 2 amide bonds. The van der Waals surface area contributed by atoms with E-state index in [0.29, 0.717) is 18.0 Å². The number of likely N-dealkylation sites (N-methyl/N-ethyl adjacent to an activating group) is 1. The van der Waals surface area contributed by atoms with Gasteiger partial charge in [0.25, 0.3) is 5.91 Å². The summed E-state index contributed by atoms with van der Waals surface area (Å²) in [6.45, 7) is 5.58. The van der Waals surface area contributed by atoms with Gasteiger partial charge in [0.05, 0.1) is 18.2 Å². The first-order chi connectivity index (χ1) is 10.8. The Labute approximate surface area is 136 Å². The molecular weight excluding hydrogens is 294 g/mol. The van der Waals surface area contributed by atoms with Crippen LogP contribution in [0.1, 0.15) is 25.8 Å². The van der Waals surface area contributed by atoms with E-state index in [-0.39, 0.29) is 24.8 Å². The molecule has 1 aromatic rings. The van der Waals surface area contributed by atoms with Crippen LogP contribution >= 0.6 is 0 Å². The van der Waals surface area contributed by atoms with E-state index in [4.69, 9.17) is 10.00 Å². The minimum Gasteiger partial charge on any atom is -0.476 e. The van der Waals surface area contributed by atoms with E-state index >= 15 is 0 Å². The number of amides is 2. The quantitative estimate of drug-likeness (QED) is 0.850. The molecule has 23 heavy (non-hydrogen) atoms. The van der Waals surface area contributed by atoms with Gasteiger partial charge < -0.3 is 9.64 Å². The van der Waals surface area contributed by atoms with E-state index in [0.717, 1.165) is 5.56 Å². The predicted octanol–water partition coefficient (Wildman–Crippen LogP) is 1.87. The molecular formula is C17H21N3O3. The topological polar surface area (TPSA) is 73.6 Å². The van der Waals surface area contributed by atoms with Gasteiger partial charge in [0, 0.05) is 13.6 Å². The summed E-state index contributed by atoms with van der Waals surface area (Å²) in [5.74, 6) is 0.129. The highest BCUT2D eigenvalue weighted by atomic mass is 16.5. The number of rotatable bonds is 4. The highest BCUT2D eigenvalue weighted by Gasteiger charge is 2.41. The monoisotopic (exact) mass is 315 g/mol. The molecule has 1 aliphatic heterocycles. The van der Waals surface area contributed by atoms with Gasteiger partial charge in [-0.05, 0) is 38.5 Å². The fraction of sp³-hybridized carbons (Fsp3) is 0.471. The van der Waals surface area contributed by atoms with Gasteiger partial charge in [-0.1, -0.05) is 6.07 Å². The molecule has 0 radical (unpaired) electrons. The first-order valence-electron chi connectivity index (χ1n) is 7.49. The SMILES string of the molecule is Cc1ccc2c(c1)N(CC(=O)N(C)CCC#N)C(=O)C(C)(C)O2. The maximum absolute atomic E-state index is 12.7. The average molecular weight is 315 g/mol. The zero-order valence-electron chi connectivity index (χ0n) is 13.9. The number of carbonyl (C=O) groups excluding carboxylic acids is 2. The Morgan fingerprint density at radius 1 is 1.43 bits per heavy atom. The Hall–Kier alpha value is -2.55. The van der Waals surface area contributed by atoms with Crippen LogP contribution in [0.15, 0.2) is 18.2 Å². The van der Waals surface area contributed by atoms with Gasteiger partial charge in [-0.2, -0.15) is 5.26 Å². The normalized spacial score (nSPS) is 15.4. The summed E-state index contributed by atoms with van der Waals surface area (Å²) in [7, 11) is 1.63. The van der Waals surface area contributed by atoms with Crippen LogP contribution in [-0.4, -0.2) is 42.5 Å². The molecule has 0 atom stereocenters. The van der Waals surface area contributed by atoms with Crippen LogP contribution in [0.5, 0.6) is 5.75 Å². The smallest absolute Gasteiger partial charge is 0.271 e. The number of nitrogens with zero attached hydrogens (tertiary/aromatic N) is 3. The van der Waals surface area contributed by atoms with Crippen LogP contribution in [0.4, 0.5) is 5.69 Å². The number of aryl methyl sites for hydroxylation is 1. The van der Waals surface area contributed by atoms with E-state index in [1.54, 1.807) is 20.9 Å². The van der Waals surface area contributed by atoms with Crippen molar-refractivity contribution in [1.82, 2.24) is 4.90 Å². The van der Waals surface area contributed by atoms with E-state index in [9.17, 15) is 9.59 Å². The third kappa shape index (κ3) is 3.45. The van der Waals surface area contributed by atoms with Crippen LogP contribution in [0, 0.1) is 18.3 Å². The Balaban J connectivity index is 2.29. The molecule has 6 nitrogen and oxygen atoms in total. The van der Waals surface area contributed by atoms with Crippen molar-refractivity contribution < 1.29 is 14.3 Å². The Morgan fingerprint density at radius 2 is 2.13 bits per heavy atom. The number of carbonyl (C=O) groups is 2. The van der Waals surface area contributed by atoms with Crippen LogP contribution in [-0.2, 0) is 9.59 Å². The lowest BCUT2D eigenvalue weighted by Gasteiger charge is -2.39. The standard InChI is InChI=1S/C17H21N3O3/c1-12-6-7-14-13(10-12)20(16(22)17(2,3)23-14)11-15(21)19(4)9-5-8-18/h6-7,10H,5,9,11H2,1-4H3. The van der Waals surface area contributed by atoms with Crippen molar-refractivity contribution in [2.24, 2.45) is 0 Å². The third-order valence-electron chi connectivity index (χ3n) is 3.81. The highest BCUT2D eigenvalue weighted by molar-refractivity contribution is 6.05. The van der Waals surface area contributed by atoms with Gasteiger partial charge in [0.2, 0.25) is 5.91 Å². The summed E-state index contributed by atoms with van der Waals surface area (Å²) in [5, 5.41) is 8.62. The lowest BCUT2D eigenvalue weighted by molar-refractivity contribution is -0.136. The van der Waals surface area contributed by atoms with Gasteiger partial charge in [-0.15, -0.1) is 0 Å². The summed E-state index contributed by atoms with van der Waals surface area (Å²) in [4.78, 5) is 28.0. The van der Waals surface area contributed by atoms with Crippen molar-refractivity contribution in [1.29, 1.82) is 5.26 Å². The highest BCUT2D eigenvalue weighted by Crippen LogP contribution is 2.38. The number of ether oxygens (including phenoxy) is 1. The molecule has 0 saturated heterocycles. The molecule has 0 fully saturated rings. The van der Waals surface area contributed by atoms with E-state index < -0.39 is 5.60 Å². The maximum Gasteiger partial charge on any atom is 0.271 e. The molecule has 0 saturated carbocycles. The lowest BCUT2D eigenvalue weighted by atomic mass is 10.0. The Kier molecular flexibility index (Phi) is 4.60. The number of hydrogen-bond donors (Lipinski definition) is 0. The van der Waals surface area contributed by atoms with Crippen LogP contribution in [0.2, 0.25) is 0 Å². The van der Waals surface area contributed by atoms with E-state index in [1.165, 1.54) is 9.80 Å². The van der Waals surface area contributed by atoms with Crippen molar-refractivity contribution in [3.63, 3.8) is 0 Å². The predicted molar refractivity (Wildman–Crippen MR) is 86.1 cm³/mol. The van der Waals surface area contributed by atoms with Gasteiger partial charge >= 0.3 is 0 Å². The average Bonchev–Trinajstić information content (AvgIpc) is 2.49. The minimum absolute atomic E-state index is 0.0655. The number of benzene rings is 1. The molecule has 6 heteroatoms. The molecule has 0 N–H and O–H groups in total. The van der Waals surface area contributed by atoms with Gasteiger partial charge in [0.15, 0.2) is 5.60 Å². The van der Waals surface area contributed by atoms with Crippen LogP contribution in [0.3, 0.4) is 0 Å². The molecule has 2 rings (SSSR count).